The summed E-state index contributed by atoms with van der Waals surface area (Å²) in [4.78, 5) is 41.4. The maximum absolute atomic E-state index is 12.9. The molecule has 2 aliphatic heterocycles. The molecule has 31 heavy (non-hydrogen) atoms. The van der Waals surface area contributed by atoms with Crippen LogP contribution in [0.15, 0.2) is 42.5 Å². The van der Waals surface area contributed by atoms with E-state index in [1.807, 2.05) is 19.1 Å². The zero-order valence-electron chi connectivity index (χ0n) is 17.6. The molecule has 1 fully saturated rings. The number of amides is 2. The first-order valence-corrected chi connectivity index (χ1v) is 10.6. The molecular weight excluding hydrogens is 396 g/mol. The lowest BCUT2D eigenvalue weighted by Crippen LogP contribution is -2.37. The quantitative estimate of drug-likeness (QED) is 0.693. The van der Waals surface area contributed by atoms with Crippen molar-refractivity contribution in [3.05, 3.63) is 59.2 Å². The predicted molar refractivity (Wildman–Crippen MR) is 114 cm³/mol. The summed E-state index contributed by atoms with van der Waals surface area (Å²) < 4.78 is 10.7. The Morgan fingerprint density at radius 3 is 2.29 bits per heavy atom. The van der Waals surface area contributed by atoms with Crippen molar-refractivity contribution in [1.29, 1.82) is 0 Å². The third-order valence-electron chi connectivity index (χ3n) is 5.69. The Morgan fingerprint density at radius 1 is 0.806 bits per heavy atom. The van der Waals surface area contributed by atoms with Crippen molar-refractivity contribution in [3.63, 3.8) is 0 Å². The highest BCUT2D eigenvalue weighted by Crippen LogP contribution is 2.32. The number of fused-ring (bicyclic) bond motifs is 1. The van der Waals surface area contributed by atoms with Gasteiger partial charge >= 0.3 is 0 Å². The van der Waals surface area contributed by atoms with Gasteiger partial charge in [0.05, 0.1) is 0 Å². The topological polar surface area (TPSA) is 76.2 Å². The molecule has 4 rings (SSSR count). The van der Waals surface area contributed by atoms with Gasteiger partial charge in [-0.1, -0.05) is 29.8 Å². The largest absolute Gasteiger partial charge is 0.454 e. The molecule has 0 aliphatic carbocycles. The Labute approximate surface area is 181 Å². The van der Waals surface area contributed by atoms with Crippen molar-refractivity contribution in [3.8, 4) is 11.5 Å². The zero-order chi connectivity index (χ0) is 21.8. The second-order valence-corrected chi connectivity index (χ2v) is 7.88. The van der Waals surface area contributed by atoms with Gasteiger partial charge in [0.25, 0.3) is 5.91 Å². The van der Waals surface area contributed by atoms with E-state index in [4.69, 9.17) is 9.47 Å². The third kappa shape index (κ3) is 4.87. The number of benzene rings is 2. The highest BCUT2D eigenvalue weighted by molar-refractivity contribution is 5.98. The van der Waals surface area contributed by atoms with Crippen LogP contribution in [0.1, 0.15) is 45.5 Å². The Hall–Kier alpha value is -3.35. The predicted octanol–water partition coefficient (Wildman–Crippen LogP) is 3.06. The summed E-state index contributed by atoms with van der Waals surface area (Å²) >= 11 is 0. The molecule has 0 atom stereocenters. The van der Waals surface area contributed by atoms with Crippen LogP contribution in [0.3, 0.4) is 0 Å². The van der Waals surface area contributed by atoms with Crippen molar-refractivity contribution < 1.29 is 23.9 Å². The van der Waals surface area contributed by atoms with Crippen LogP contribution in [-0.2, 0) is 4.79 Å². The van der Waals surface area contributed by atoms with Gasteiger partial charge in [-0.15, -0.1) is 0 Å². The van der Waals surface area contributed by atoms with Gasteiger partial charge < -0.3 is 19.3 Å². The van der Waals surface area contributed by atoms with Crippen LogP contribution < -0.4 is 9.47 Å². The number of nitrogens with zero attached hydrogens (tertiary/aromatic N) is 2. The van der Waals surface area contributed by atoms with Crippen LogP contribution in [-0.4, -0.2) is 60.4 Å². The van der Waals surface area contributed by atoms with Gasteiger partial charge in [-0.2, -0.15) is 0 Å². The second kappa shape index (κ2) is 9.20. The molecule has 1 saturated heterocycles. The number of hydrogen-bond acceptors (Lipinski definition) is 5. The third-order valence-corrected chi connectivity index (χ3v) is 5.69. The van der Waals surface area contributed by atoms with Gasteiger partial charge in [0.15, 0.2) is 17.3 Å². The Bertz CT molecular complexity index is 986. The summed E-state index contributed by atoms with van der Waals surface area (Å²) in [7, 11) is 0. The van der Waals surface area contributed by atoms with E-state index in [0.717, 1.165) is 5.56 Å². The van der Waals surface area contributed by atoms with E-state index >= 15 is 0 Å². The van der Waals surface area contributed by atoms with Crippen LogP contribution in [0.4, 0.5) is 0 Å². The van der Waals surface area contributed by atoms with Gasteiger partial charge in [0, 0.05) is 50.1 Å². The lowest BCUT2D eigenvalue weighted by Gasteiger charge is -2.22. The van der Waals surface area contributed by atoms with Crippen molar-refractivity contribution in [1.82, 2.24) is 9.80 Å². The summed E-state index contributed by atoms with van der Waals surface area (Å²) in [6.07, 6.45) is 1.08. The summed E-state index contributed by atoms with van der Waals surface area (Å²) in [5, 5.41) is 0. The average molecular weight is 422 g/mol. The smallest absolute Gasteiger partial charge is 0.254 e. The fraction of sp³-hybridized carbons (Fsp3) is 0.375. The molecule has 2 aromatic rings. The number of aryl methyl sites for hydroxylation is 1. The molecular formula is C24H26N2O5. The maximum Gasteiger partial charge on any atom is 0.254 e. The fourth-order valence-corrected chi connectivity index (χ4v) is 3.84. The first kappa shape index (κ1) is 20.9. The van der Waals surface area contributed by atoms with E-state index < -0.39 is 0 Å². The summed E-state index contributed by atoms with van der Waals surface area (Å²) in [5.41, 5.74) is 2.28. The molecule has 0 saturated carbocycles. The fourth-order valence-electron chi connectivity index (χ4n) is 3.84. The lowest BCUT2D eigenvalue weighted by atomic mass is 10.0. The SMILES string of the molecule is Cc1ccc(C(=O)CCC(=O)N2CCCN(C(=O)c3ccc4c(c3)OCO4)CC2)cc1. The molecule has 0 spiro atoms. The second-order valence-electron chi connectivity index (χ2n) is 7.88. The van der Waals surface area contributed by atoms with Gasteiger partial charge in [-0.05, 0) is 31.5 Å². The van der Waals surface area contributed by atoms with Crippen LogP contribution >= 0.6 is 0 Å². The summed E-state index contributed by atoms with van der Waals surface area (Å²) in [5.74, 6) is 1.07. The van der Waals surface area contributed by atoms with Crippen LogP contribution in [0.5, 0.6) is 11.5 Å². The molecule has 0 radical (unpaired) electrons. The average Bonchev–Trinajstić information content (AvgIpc) is 3.12. The number of ketones is 1. The minimum atomic E-state index is -0.0813. The number of rotatable bonds is 5. The van der Waals surface area contributed by atoms with E-state index in [0.29, 0.717) is 55.2 Å². The Kier molecular flexibility index (Phi) is 6.21. The molecule has 2 aliphatic rings. The molecule has 0 bridgehead atoms. The van der Waals surface area contributed by atoms with E-state index in [9.17, 15) is 14.4 Å². The minimum Gasteiger partial charge on any atom is -0.454 e. The Morgan fingerprint density at radius 2 is 1.48 bits per heavy atom. The molecule has 7 heteroatoms. The van der Waals surface area contributed by atoms with Crippen LogP contribution in [0.25, 0.3) is 0 Å². The van der Waals surface area contributed by atoms with Gasteiger partial charge in [-0.3, -0.25) is 14.4 Å². The van der Waals surface area contributed by atoms with Gasteiger partial charge in [0.1, 0.15) is 0 Å². The standard InChI is InChI=1S/C24H26N2O5/c1-17-3-5-18(6-4-17)20(27)8-10-23(28)25-11-2-12-26(14-13-25)24(29)19-7-9-21-22(15-19)31-16-30-21/h3-7,9,15H,2,8,10-14,16H2,1H3. The van der Waals surface area contributed by atoms with Crippen molar-refractivity contribution in [2.45, 2.75) is 26.2 Å². The summed E-state index contributed by atoms with van der Waals surface area (Å²) in [6.45, 7) is 4.23. The Balaban J connectivity index is 1.30. The van der Waals surface area contributed by atoms with Crippen LogP contribution in [0.2, 0.25) is 0 Å². The highest BCUT2D eigenvalue weighted by Gasteiger charge is 2.24. The highest BCUT2D eigenvalue weighted by atomic mass is 16.7. The van der Waals surface area contributed by atoms with Crippen LogP contribution in [0, 0.1) is 6.92 Å². The summed E-state index contributed by atoms with van der Waals surface area (Å²) in [6, 6.07) is 12.6. The maximum atomic E-state index is 12.9. The molecule has 2 aromatic carbocycles. The van der Waals surface area contributed by atoms with E-state index in [-0.39, 0.29) is 37.2 Å². The molecule has 7 nitrogen and oxygen atoms in total. The molecule has 0 N–H and O–H groups in total. The molecule has 0 unspecified atom stereocenters. The van der Waals surface area contributed by atoms with E-state index in [2.05, 4.69) is 0 Å². The lowest BCUT2D eigenvalue weighted by molar-refractivity contribution is -0.131. The van der Waals surface area contributed by atoms with E-state index in [1.165, 1.54) is 0 Å². The zero-order valence-corrected chi connectivity index (χ0v) is 17.6. The van der Waals surface area contributed by atoms with Gasteiger partial charge in [0.2, 0.25) is 12.7 Å². The number of hydrogen-bond donors (Lipinski definition) is 0. The number of carbonyl (C=O) groups excluding carboxylic acids is 3. The molecule has 2 heterocycles. The molecule has 0 aromatic heterocycles. The molecule has 162 valence electrons. The molecule has 2 amide bonds. The number of ether oxygens (including phenoxy) is 2. The van der Waals surface area contributed by atoms with Gasteiger partial charge in [-0.25, -0.2) is 0 Å². The van der Waals surface area contributed by atoms with Crippen molar-refractivity contribution in [2.24, 2.45) is 0 Å². The van der Waals surface area contributed by atoms with Crippen molar-refractivity contribution in [2.75, 3.05) is 33.0 Å². The van der Waals surface area contributed by atoms with E-state index in [1.54, 1.807) is 40.1 Å². The normalized spacial score (nSPS) is 15.5. The number of carbonyl (C=O) groups is 3. The first-order valence-electron chi connectivity index (χ1n) is 10.6. The number of Topliss-reactive ketones (excluding diaryl/α,β-unsaturated/α-hetero) is 1. The van der Waals surface area contributed by atoms with Crippen molar-refractivity contribution >= 4 is 17.6 Å². The first-order chi connectivity index (χ1) is 15.0. The monoisotopic (exact) mass is 422 g/mol. The minimum absolute atomic E-state index is 0.0252.